The Morgan fingerprint density at radius 1 is 1.07 bits per heavy atom. The first-order valence-corrected chi connectivity index (χ1v) is 10.8. The Morgan fingerprint density at radius 2 is 1.72 bits per heavy atom. The van der Waals surface area contributed by atoms with Gasteiger partial charge < -0.3 is 5.32 Å². The maximum absolute atomic E-state index is 13.2. The van der Waals surface area contributed by atoms with Crippen molar-refractivity contribution in [1.29, 1.82) is 0 Å². The Balaban J connectivity index is 1.47. The molecule has 2 fully saturated rings. The predicted octanol–water partition coefficient (Wildman–Crippen LogP) is 3.63. The van der Waals surface area contributed by atoms with Gasteiger partial charge in [-0.3, -0.25) is 9.69 Å². The van der Waals surface area contributed by atoms with Gasteiger partial charge in [0.15, 0.2) is 0 Å². The summed E-state index contributed by atoms with van der Waals surface area (Å²) >= 11 is 0. The van der Waals surface area contributed by atoms with Crippen molar-refractivity contribution in [1.82, 2.24) is 25.0 Å². The molecule has 156 valence electrons. The minimum absolute atomic E-state index is 0.0723. The van der Waals surface area contributed by atoms with E-state index < -0.39 is 0 Å². The van der Waals surface area contributed by atoms with E-state index in [9.17, 15) is 9.18 Å². The number of rotatable bonds is 5. The molecule has 29 heavy (non-hydrogen) atoms. The number of carbonyl (C=O) groups is 1. The molecule has 0 atom stereocenters. The summed E-state index contributed by atoms with van der Waals surface area (Å²) in [6.07, 6.45) is 9.83. The van der Waals surface area contributed by atoms with Crippen molar-refractivity contribution >= 4 is 5.91 Å². The van der Waals surface area contributed by atoms with E-state index in [1.54, 1.807) is 23.7 Å². The van der Waals surface area contributed by atoms with E-state index in [0.29, 0.717) is 18.1 Å². The Hall–Kier alpha value is -2.28. The van der Waals surface area contributed by atoms with E-state index in [-0.39, 0.29) is 23.1 Å². The van der Waals surface area contributed by atoms with E-state index in [2.05, 4.69) is 20.3 Å². The van der Waals surface area contributed by atoms with Gasteiger partial charge in [0.05, 0.1) is 5.69 Å². The fourth-order valence-electron chi connectivity index (χ4n) is 4.82. The third-order valence-electron chi connectivity index (χ3n) is 6.43. The summed E-state index contributed by atoms with van der Waals surface area (Å²) < 4.78 is 14.8. The van der Waals surface area contributed by atoms with E-state index in [0.717, 1.165) is 25.9 Å². The molecule has 2 aliphatic rings. The van der Waals surface area contributed by atoms with Crippen molar-refractivity contribution in [2.45, 2.75) is 63.8 Å². The van der Waals surface area contributed by atoms with Gasteiger partial charge in [-0.2, -0.15) is 0 Å². The zero-order valence-electron chi connectivity index (χ0n) is 17.2. The van der Waals surface area contributed by atoms with Gasteiger partial charge in [0, 0.05) is 12.1 Å². The molecule has 1 aromatic heterocycles. The van der Waals surface area contributed by atoms with Crippen LogP contribution >= 0.6 is 0 Å². The second-order valence-electron chi connectivity index (χ2n) is 8.39. The lowest BCUT2D eigenvalue weighted by Gasteiger charge is -2.48. The molecule has 4 rings (SSSR count). The number of hydrogen-bond donors (Lipinski definition) is 1. The molecule has 1 aromatic carbocycles. The lowest BCUT2D eigenvalue weighted by atomic mass is 9.79. The summed E-state index contributed by atoms with van der Waals surface area (Å²) in [6, 6.07) is 6.02. The van der Waals surface area contributed by atoms with Crippen LogP contribution in [0.5, 0.6) is 0 Å². The van der Waals surface area contributed by atoms with E-state index in [1.807, 2.05) is 0 Å². The van der Waals surface area contributed by atoms with Gasteiger partial charge in [0.2, 0.25) is 5.82 Å². The molecule has 1 aliphatic heterocycles. The Bertz CT molecular complexity index is 835. The molecule has 1 saturated heterocycles. The zero-order chi connectivity index (χ0) is 20.3. The van der Waals surface area contributed by atoms with Crippen LogP contribution in [0.3, 0.4) is 0 Å². The van der Waals surface area contributed by atoms with E-state index in [4.69, 9.17) is 0 Å². The Morgan fingerprint density at radius 3 is 2.41 bits per heavy atom. The molecule has 1 N–H and O–H groups in total. The van der Waals surface area contributed by atoms with Crippen LogP contribution in [-0.2, 0) is 0 Å². The van der Waals surface area contributed by atoms with Gasteiger partial charge in [-0.1, -0.05) is 25.7 Å². The topological polar surface area (TPSA) is 63.1 Å². The number of nitrogens with one attached hydrogen (secondary N) is 1. The van der Waals surface area contributed by atoms with Crippen molar-refractivity contribution in [3.8, 4) is 5.69 Å². The van der Waals surface area contributed by atoms with Gasteiger partial charge in [-0.25, -0.2) is 14.1 Å². The largest absolute Gasteiger partial charge is 0.347 e. The number of amides is 1. The number of hydrogen-bond acceptors (Lipinski definition) is 4. The molecule has 7 heteroatoms. The fourth-order valence-corrected chi connectivity index (χ4v) is 4.82. The molecule has 0 bridgehead atoms. The highest BCUT2D eigenvalue weighted by atomic mass is 19.1. The molecular weight excluding hydrogens is 369 g/mol. The highest BCUT2D eigenvalue weighted by Crippen LogP contribution is 2.35. The number of nitrogens with zero attached hydrogens (tertiary/aromatic N) is 4. The lowest BCUT2D eigenvalue weighted by Crippen LogP contribution is -2.58. The maximum atomic E-state index is 13.2. The third kappa shape index (κ3) is 4.34. The van der Waals surface area contributed by atoms with Crippen LogP contribution in [0.25, 0.3) is 5.69 Å². The molecule has 0 spiro atoms. The van der Waals surface area contributed by atoms with Crippen molar-refractivity contribution in [3.05, 3.63) is 41.7 Å². The van der Waals surface area contributed by atoms with Crippen LogP contribution in [0.2, 0.25) is 0 Å². The molecule has 0 unspecified atom stereocenters. The quantitative estimate of drug-likeness (QED) is 0.834. The highest BCUT2D eigenvalue weighted by molar-refractivity contribution is 5.90. The molecular formula is C22H30FN5O. The SMILES string of the molecule is Cc1nc(C(=O)NCC2(N3CCCCC3)CCCCC2)nn1-c1ccc(F)cc1. The summed E-state index contributed by atoms with van der Waals surface area (Å²) in [7, 11) is 0. The summed E-state index contributed by atoms with van der Waals surface area (Å²) in [6.45, 7) is 4.71. The van der Waals surface area contributed by atoms with Crippen molar-refractivity contribution in [2.75, 3.05) is 19.6 Å². The van der Waals surface area contributed by atoms with Crippen molar-refractivity contribution < 1.29 is 9.18 Å². The zero-order valence-corrected chi connectivity index (χ0v) is 17.2. The Labute approximate surface area is 171 Å². The van der Waals surface area contributed by atoms with Crippen LogP contribution in [-0.4, -0.2) is 50.7 Å². The number of benzene rings is 1. The minimum Gasteiger partial charge on any atom is -0.347 e. The van der Waals surface area contributed by atoms with Gasteiger partial charge >= 0.3 is 0 Å². The standard InChI is InChI=1S/C22H30FN5O/c1-17-25-20(26-28(17)19-10-8-18(23)9-11-19)21(29)24-16-22(12-4-2-5-13-22)27-14-6-3-7-15-27/h8-11H,2-7,12-16H2,1H3,(H,24,29). The molecule has 0 radical (unpaired) electrons. The summed E-state index contributed by atoms with van der Waals surface area (Å²) in [5, 5.41) is 7.50. The first-order chi connectivity index (χ1) is 14.1. The monoisotopic (exact) mass is 399 g/mol. The van der Waals surface area contributed by atoms with Gasteiger partial charge in [0.1, 0.15) is 11.6 Å². The number of likely N-dealkylation sites (tertiary alicyclic amines) is 1. The number of aromatic nitrogens is 3. The fraction of sp³-hybridized carbons (Fsp3) is 0.591. The number of aryl methyl sites for hydroxylation is 1. The smallest absolute Gasteiger partial charge is 0.291 e. The molecule has 1 amide bonds. The lowest BCUT2D eigenvalue weighted by molar-refractivity contribution is 0.0325. The first kappa shape index (κ1) is 20.0. The second kappa shape index (κ2) is 8.61. The molecule has 1 saturated carbocycles. The first-order valence-electron chi connectivity index (χ1n) is 10.8. The molecule has 2 heterocycles. The van der Waals surface area contributed by atoms with Crippen LogP contribution in [0, 0.1) is 12.7 Å². The molecule has 1 aliphatic carbocycles. The van der Waals surface area contributed by atoms with Crippen molar-refractivity contribution in [2.24, 2.45) is 0 Å². The maximum Gasteiger partial charge on any atom is 0.291 e. The van der Waals surface area contributed by atoms with E-state index >= 15 is 0 Å². The second-order valence-corrected chi connectivity index (χ2v) is 8.39. The van der Waals surface area contributed by atoms with E-state index in [1.165, 1.54) is 50.7 Å². The van der Waals surface area contributed by atoms with Gasteiger partial charge in [-0.05, 0) is 70.0 Å². The Kier molecular flexibility index (Phi) is 5.94. The molecule has 6 nitrogen and oxygen atoms in total. The van der Waals surface area contributed by atoms with Gasteiger partial charge in [0.25, 0.3) is 5.91 Å². The summed E-state index contributed by atoms with van der Waals surface area (Å²) in [5.41, 5.74) is 0.760. The average Bonchev–Trinajstić information content (AvgIpc) is 3.15. The van der Waals surface area contributed by atoms with Crippen molar-refractivity contribution in [3.63, 3.8) is 0 Å². The highest BCUT2D eigenvalue weighted by Gasteiger charge is 2.38. The third-order valence-corrected chi connectivity index (χ3v) is 6.43. The van der Waals surface area contributed by atoms with Crippen LogP contribution < -0.4 is 5.32 Å². The minimum atomic E-state index is -0.306. The van der Waals surface area contributed by atoms with Crippen LogP contribution in [0.1, 0.15) is 67.8 Å². The predicted molar refractivity (Wildman–Crippen MR) is 110 cm³/mol. The normalized spacial score (nSPS) is 19.8. The van der Waals surface area contributed by atoms with Crippen LogP contribution in [0.15, 0.2) is 24.3 Å². The molecule has 2 aromatic rings. The number of piperidine rings is 1. The number of halogens is 1. The average molecular weight is 400 g/mol. The summed E-state index contributed by atoms with van der Waals surface area (Å²) in [4.78, 5) is 19.8. The number of carbonyl (C=O) groups excluding carboxylic acids is 1. The van der Waals surface area contributed by atoms with Crippen LogP contribution in [0.4, 0.5) is 4.39 Å². The summed E-state index contributed by atoms with van der Waals surface area (Å²) in [5.74, 6) is 0.220. The van der Waals surface area contributed by atoms with Gasteiger partial charge in [-0.15, -0.1) is 5.10 Å².